The van der Waals surface area contributed by atoms with Crippen molar-refractivity contribution in [2.24, 2.45) is 5.41 Å². The normalized spacial score (nSPS) is 18.3. The highest BCUT2D eigenvalue weighted by Crippen LogP contribution is 2.49. The van der Waals surface area contributed by atoms with Crippen LogP contribution in [0.15, 0.2) is 69.8 Å². The lowest BCUT2D eigenvalue weighted by Crippen LogP contribution is -2.37. The molecule has 6 nitrogen and oxygen atoms in total. The number of ether oxygens (including phenoxy) is 1. The Labute approximate surface area is 213 Å². The topological polar surface area (TPSA) is 84.1 Å². The van der Waals surface area contributed by atoms with Crippen molar-refractivity contribution in [2.75, 3.05) is 11.9 Å². The van der Waals surface area contributed by atoms with Crippen molar-refractivity contribution in [3.63, 3.8) is 0 Å². The Morgan fingerprint density at radius 1 is 1.11 bits per heavy atom. The predicted molar refractivity (Wildman–Crippen MR) is 139 cm³/mol. The monoisotopic (exact) mass is 505 g/mol. The zero-order chi connectivity index (χ0) is 25.4. The Morgan fingerprint density at radius 2 is 1.86 bits per heavy atom. The molecular formula is C28H28FN3O3S. The maximum absolute atomic E-state index is 13.5. The number of allylic oxidation sites excluding steroid dienone is 2. The fourth-order valence-electron chi connectivity index (χ4n) is 5.01. The fraction of sp³-hybridized carbons (Fsp3) is 0.321. The summed E-state index contributed by atoms with van der Waals surface area (Å²) in [6.45, 7) is 6.52. The molecule has 0 bridgehead atoms. The smallest absolute Gasteiger partial charge is 0.257 e. The molecular weight excluding hydrogens is 477 g/mol. The van der Waals surface area contributed by atoms with E-state index in [0.717, 1.165) is 16.8 Å². The highest BCUT2D eigenvalue weighted by Gasteiger charge is 2.43. The molecule has 0 radical (unpaired) electrons. The minimum absolute atomic E-state index is 0.0323. The standard InChI is InChI=1S/C28H28FN3O3S/c1-4-35-21-8-6-5-7-18(21)22-23-19(13-28(2,3)14-20(23)33)30-25-24(22)26(34)32-27(31-25)36-15-16-9-11-17(29)12-10-16/h5-12,22H,4,13-15H2,1-3H3,(H2,30,31,32,34). The molecule has 8 heteroatoms. The van der Waals surface area contributed by atoms with E-state index < -0.39 is 5.92 Å². The number of H-pyrrole nitrogens is 1. The van der Waals surface area contributed by atoms with Crippen molar-refractivity contribution >= 4 is 23.4 Å². The molecule has 186 valence electrons. The number of para-hydroxylation sites is 1. The quantitative estimate of drug-likeness (QED) is 0.325. The Morgan fingerprint density at radius 3 is 2.61 bits per heavy atom. The molecule has 0 saturated carbocycles. The second-order valence-corrected chi connectivity index (χ2v) is 10.9. The molecule has 0 amide bonds. The van der Waals surface area contributed by atoms with E-state index in [1.807, 2.05) is 31.2 Å². The number of hydrogen-bond donors (Lipinski definition) is 2. The van der Waals surface area contributed by atoms with Crippen LogP contribution in [-0.4, -0.2) is 22.4 Å². The van der Waals surface area contributed by atoms with Crippen molar-refractivity contribution in [1.82, 2.24) is 9.97 Å². The molecule has 1 aliphatic carbocycles. The van der Waals surface area contributed by atoms with Crippen LogP contribution >= 0.6 is 11.8 Å². The maximum atomic E-state index is 13.5. The number of aromatic nitrogens is 2. The van der Waals surface area contributed by atoms with Crippen molar-refractivity contribution in [2.45, 2.75) is 50.4 Å². The molecule has 2 heterocycles. The number of nitrogens with zero attached hydrogens (tertiary/aromatic N) is 1. The molecule has 0 spiro atoms. The Kier molecular flexibility index (Phi) is 6.47. The van der Waals surface area contributed by atoms with E-state index in [0.29, 0.717) is 53.1 Å². The van der Waals surface area contributed by atoms with Crippen LogP contribution in [0.1, 0.15) is 56.2 Å². The summed E-state index contributed by atoms with van der Waals surface area (Å²) in [5.41, 5.74) is 3.05. The number of anilines is 1. The third-order valence-corrected chi connectivity index (χ3v) is 7.46. The summed E-state index contributed by atoms with van der Waals surface area (Å²) in [5.74, 6) is 0.802. The van der Waals surface area contributed by atoms with Gasteiger partial charge in [-0.3, -0.25) is 9.59 Å². The van der Waals surface area contributed by atoms with Gasteiger partial charge in [0, 0.05) is 29.0 Å². The van der Waals surface area contributed by atoms with Crippen LogP contribution in [-0.2, 0) is 10.5 Å². The van der Waals surface area contributed by atoms with Gasteiger partial charge in [-0.25, -0.2) is 9.37 Å². The zero-order valence-electron chi connectivity index (χ0n) is 20.5. The first-order valence-electron chi connectivity index (χ1n) is 12.0. The predicted octanol–water partition coefficient (Wildman–Crippen LogP) is 5.80. The lowest BCUT2D eigenvalue weighted by Gasteiger charge is -2.38. The van der Waals surface area contributed by atoms with Crippen molar-refractivity contribution < 1.29 is 13.9 Å². The summed E-state index contributed by atoms with van der Waals surface area (Å²) in [5, 5.41) is 3.80. The minimum atomic E-state index is -0.574. The van der Waals surface area contributed by atoms with E-state index in [1.54, 1.807) is 12.1 Å². The first kappa shape index (κ1) is 24.3. The molecule has 1 aliphatic heterocycles. The van der Waals surface area contributed by atoms with Crippen LogP contribution in [0.4, 0.5) is 10.2 Å². The number of benzene rings is 2. The Balaban J connectivity index is 1.60. The molecule has 1 unspecified atom stereocenters. The van der Waals surface area contributed by atoms with Gasteiger partial charge >= 0.3 is 0 Å². The molecule has 3 aromatic rings. The molecule has 1 atom stereocenters. The molecule has 2 aliphatic rings. The summed E-state index contributed by atoms with van der Waals surface area (Å²) >= 11 is 1.37. The number of Topliss-reactive ketones (excluding diaryl/α,β-unsaturated/α-hetero) is 1. The number of halogens is 1. The van der Waals surface area contributed by atoms with E-state index in [-0.39, 0.29) is 22.6 Å². The largest absolute Gasteiger partial charge is 0.494 e. The molecule has 5 rings (SSSR count). The van der Waals surface area contributed by atoms with Crippen LogP contribution < -0.4 is 15.6 Å². The summed E-state index contributed by atoms with van der Waals surface area (Å²) in [7, 11) is 0. The first-order valence-corrected chi connectivity index (χ1v) is 13.0. The number of nitrogens with one attached hydrogen (secondary N) is 2. The zero-order valence-corrected chi connectivity index (χ0v) is 21.3. The van der Waals surface area contributed by atoms with Gasteiger partial charge in [-0.1, -0.05) is 55.9 Å². The number of carbonyl (C=O) groups is 1. The molecule has 0 fully saturated rings. The van der Waals surface area contributed by atoms with Crippen molar-refractivity contribution in [1.29, 1.82) is 0 Å². The summed E-state index contributed by atoms with van der Waals surface area (Å²) < 4.78 is 19.2. The molecule has 1 aromatic heterocycles. The lowest BCUT2D eigenvalue weighted by atomic mass is 9.69. The number of carbonyl (C=O) groups excluding carboxylic acids is 1. The number of rotatable bonds is 6. The van der Waals surface area contributed by atoms with Gasteiger partial charge in [-0.05, 0) is 42.5 Å². The first-order chi connectivity index (χ1) is 17.3. The summed E-state index contributed by atoms with van der Waals surface area (Å²) in [6, 6.07) is 13.8. The van der Waals surface area contributed by atoms with Gasteiger partial charge in [0.05, 0.1) is 18.1 Å². The van der Waals surface area contributed by atoms with Crippen LogP contribution in [0.5, 0.6) is 5.75 Å². The highest BCUT2D eigenvalue weighted by atomic mass is 32.2. The van der Waals surface area contributed by atoms with E-state index in [2.05, 4.69) is 24.1 Å². The second kappa shape index (κ2) is 9.58. The highest BCUT2D eigenvalue weighted by molar-refractivity contribution is 7.98. The number of aromatic amines is 1. The average molecular weight is 506 g/mol. The van der Waals surface area contributed by atoms with Gasteiger partial charge in [0.15, 0.2) is 10.9 Å². The van der Waals surface area contributed by atoms with Gasteiger partial charge in [-0.15, -0.1) is 0 Å². The summed E-state index contributed by atoms with van der Waals surface area (Å²) in [6.07, 6.45) is 1.08. The van der Waals surface area contributed by atoms with Gasteiger partial charge in [0.2, 0.25) is 0 Å². The minimum Gasteiger partial charge on any atom is -0.494 e. The molecule has 2 aromatic carbocycles. The van der Waals surface area contributed by atoms with E-state index in [1.165, 1.54) is 23.9 Å². The number of hydrogen-bond acceptors (Lipinski definition) is 6. The number of thioether (sulfide) groups is 1. The maximum Gasteiger partial charge on any atom is 0.257 e. The Hall–Kier alpha value is -3.39. The van der Waals surface area contributed by atoms with Crippen LogP contribution in [0.2, 0.25) is 0 Å². The molecule has 2 N–H and O–H groups in total. The SMILES string of the molecule is CCOc1ccccc1C1C2=C(CC(C)(C)CC2=O)Nc2nc(SCc3ccc(F)cc3)[nH]c(=O)c21. The van der Waals surface area contributed by atoms with Gasteiger partial charge < -0.3 is 15.0 Å². The van der Waals surface area contributed by atoms with E-state index in [9.17, 15) is 14.0 Å². The summed E-state index contributed by atoms with van der Waals surface area (Å²) in [4.78, 5) is 34.7. The second-order valence-electron chi connectivity index (χ2n) is 9.91. The van der Waals surface area contributed by atoms with Gasteiger partial charge in [0.1, 0.15) is 17.4 Å². The lowest BCUT2D eigenvalue weighted by molar-refractivity contribution is -0.118. The molecule has 36 heavy (non-hydrogen) atoms. The van der Waals surface area contributed by atoms with Crippen LogP contribution in [0, 0.1) is 11.2 Å². The number of fused-ring (bicyclic) bond motifs is 1. The van der Waals surface area contributed by atoms with E-state index >= 15 is 0 Å². The average Bonchev–Trinajstić information content (AvgIpc) is 2.82. The number of ketones is 1. The van der Waals surface area contributed by atoms with Crippen LogP contribution in [0.25, 0.3) is 0 Å². The Bertz CT molecular complexity index is 1410. The van der Waals surface area contributed by atoms with E-state index in [4.69, 9.17) is 9.72 Å². The van der Waals surface area contributed by atoms with Crippen molar-refractivity contribution in [3.8, 4) is 5.75 Å². The van der Waals surface area contributed by atoms with Crippen LogP contribution in [0.3, 0.4) is 0 Å². The fourth-order valence-corrected chi connectivity index (χ4v) is 5.83. The third-order valence-electron chi connectivity index (χ3n) is 6.52. The van der Waals surface area contributed by atoms with Crippen molar-refractivity contribution in [3.05, 3.63) is 92.7 Å². The van der Waals surface area contributed by atoms with Gasteiger partial charge in [0.25, 0.3) is 5.56 Å². The third kappa shape index (κ3) is 4.69. The molecule has 0 saturated heterocycles. The van der Waals surface area contributed by atoms with Gasteiger partial charge in [-0.2, -0.15) is 0 Å².